The van der Waals surface area contributed by atoms with Gasteiger partial charge in [0.2, 0.25) is 10.0 Å². The average molecular weight is 508 g/mol. The fraction of sp³-hybridized carbons (Fsp3) is 0.455. The number of ether oxygens (including phenoxy) is 1. The molecule has 2 aromatic rings. The number of nitrogens with one attached hydrogen (secondary N) is 1. The second-order valence-electron chi connectivity index (χ2n) is 7.68. The molecule has 9 heteroatoms. The predicted octanol–water partition coefficient (Wildman–Crippen LogP) is 4.72. The SMILES string of the molecule is CCCS(=O)(=O)NCCOc1ccc2c(c1)C(Cc1ccc(Cl)c(Cl)c1)C(N)CC2.Cl. The van der Waals surface area contributed by atoms with Crippen molar-refractivity contribution in [2.75, 3.05) is 18.9 Å². The van der Waals surface area contributed by atoms with Crippen molar-refractivity contribution in [2.24, 2.45) is 5.73 Å². The van der Waals surface area contributed by atoms with Gasteiger partial charge in [0.25, 0.3) is 0 Å². The van der Waals surface area contributed by atoms with E-state index in [9.17, 15) is 8.42 Å². The Bertz CT molecular complexity index is 986. The van der Waals surface area contributed by atoms with E-state index in [1.807, 2.05) is 37.3 Å². The van der Waals surface area contributed by atoms with Gasteiger partial charge in [-0.05, 0) is 66.6 Å². The molecule has 31 heavy (non-hydrogen) atoms. The summed E-state index contributed by atoms with van der Waals surface area (Å²) in [6, 6.07) is 11.8. The summed E-state index contributed by atoms with van der Waals surface area (Å²) in [5, 5.41) is 1.08. The molecule has 0 fully saturated rings. The van der Waals surface area contributed by atoms with Crippen LogP contribution in [-0.4, -0.2) is 33.4 Å². The van der Waals surface area contributed by atoms with Gasteiger partial charge in [-0.2, -0.15) is 0 Å². The minimum atomic E-state index is -3.22. The molecular weight excluding hydrogens is 479 g/mol. The van der Waals surface area contributed by atoms with Crippen molar-refractivity contribution in [1.29, 1.82) is 0 Å². The van der Waals surface area contributed by atoms with E-state index in [1.165, 1.54) is 11.1 Å². The van der Waals surface area contributed by atoms with Crippen LogP contribution in [0.2, 0.25) is 10.0 Å². The van der Waals surface area contributed by atoms with E-state index in [1.54, 1.807) is 0 Å². The van der Waals surface area contributed by atoms with Gasteiger partial charge >= 0.3 is 0 Å². The zero-order valence-electron chi connectivity index (χ0n) is 17.4. The molecule has 3 rings (SSSR count). The van der Waals surface area contributed by atoms with Crippen LogP contribution in [0, 0.1) is 0 Å². The fourth-order valence-corrected chi connectivity index (χ4v) is 5.28. The monoisotopic (exact) mass is 506 g/mol. The fourth-order valence-electron chi connectivity index (χ4n) is 3.88. The van der Waals surface area contributed by atoms with Crippen molar-refractivity contribution in [3.63, 3.8) is 0 Å². The van der Waals surface area contributed by atoms with Crippen LogP contribution >= 0.6 is 35.6 Å². The first kappa shape index (κ1) is 26.2. The maximum Gasteiger partial charge on any atom is 0.211 e. The van der Waals surface area contributed by atoms with Crippen molar-refractivity contribution < 1.29 is 13.2 Å². The molecule has 0 amide bonds. The Morgan fingerprint density at radius 1 is 1.16 bits per heavy atom. The van der Waals surface area contributed by atoms with Crippen LogP contribution in [0.4, 0.5) is 0 Å². The van der Waals surface area contributed by atoms with Crippen LogP contribution in [0.25, 0.3) is 0 Å². The molecule has 5 nitrogen and oxygen atoms in total. The number of halogens is 3. The van der Waals surface area contributed by atoms with Crippen molar-refractivity contribution in [3.8, 4) is 5.75 Å². The van der Waals surface area contributed by atoms with Crippen molar-refractivity contribution in [2.45, 2.75) is 44.6 Å². The number of aryl methyl sites for hydroxylation is 1. The Hall–Kier alpha value is -1.02. The molecule has 2 unspecified atom stereocenters. The first-order chi connectivity index (χ1) is 14.3. The lowest BCUT2D eigenvalue weighted by Gasteiger charge is -2.32. The zero-order chi connectivity index (χ0) is 21.7. The molecule has 2 atom stereocenters. The maximum atomic E-state index is 11.7. The molecule has 1 aliphatic rings. The molecule has 0 spiro atoms. The Labute approximate surface area is 201 Å². The Morgan fingerprint density at radius 3 is 2.65 bits per heavy atom. The number of benzene rings is 2. The third kappa shape index (κ3) is 7.24. The summed E-state index contributed by atoms with van der Waals surface area (Å²) < 4.78 is 31.8. The topological polar surface area (TPSA) is 81.4 Å². The van der Waals surface area contributed by atoms with E-state index in [0.29, 0.717) is 16.5 Å². The Kier molecular flexibility index (Phi) is 9.93. The van der Waals surface area contributed by atoms with Gasteiger partial charge in [-0.3, -0.25) is 0 Å². The number of sulfonamides is 1. The van der Waals surface area contributed by atoms with Crippen molar-refractivity contribution in [1.82, 2.24) is 4.72 Å². The van der Waals surface area contributed by atoms with Crippen LogP contribution in [0.15, 0.2) is 36.4 Å². The van der Waals surface area contributed by atoms with Gasteiger partial charge in [-0.25, -0.2) is 13.1 Å². The highest BCUT2D eigenvalue weighted by molar-refractivity contribution is 7.89. The van der Waals surface area contributed by atoms with Crippen LogP contribution < -0.4 is 15.2 Å². The predicted molar refractivity (Wildman–Crippen MR) is 130 cm³/mol. The van der Waals surface area contributed by atoms with E-state index in [0.717, 1.165) is 30.6 Å². The van der Waals surface area contributed by atoms with Gasteiger partial charge < -0.3 is 10.5 Å². The lowest BCUT2D eigenvalue weighted by atomic mass is 9.76. The Morgan fingerprint density at radius 2 is 1.94 bits per heavy atom. The lowest BCUT2D eigenvalue weighted by molar-refractivity contribution is 0.321. The van der Waals surface area contributed by atoms with Crippen molar-refractivity contribution in [3.05, 3.63) is 63.1 Å². The minimum absolute atomic E-state index is 0. The first-order valence-corrected chi connectivity index (χ1v) is 12.6. The number of rotatable bonds is 9. The molecule has 0 radical (unpaired) electrons. The second kappa shape index (κ2) is 11.7. The number of nitrogens with two attached hydrogens (primary N) is 1. The van der Waals surface area contributed by atoms with E-state index >= 15 is 0 Å². The third-order valence-corrected chi connectivity index (χ3v) is 7.71. The summed E-state index contributed by atoms with van der Waals surface area (Å²) in [5.74, 6) is 0.995. The van der Waals surface area contributed by atoms with Crippen LogP contribution in [0.1, 0.15) is 42.4 Å². The van der Waals surface area contributed by atoms with Crippen molar-refractivity contribution >= 4 is 45.6 Å². The maximum absolute atomic E-state index is 11.7. The first-order valence-electron chi connectivity index (χ1n) is 10.2. The number of hydrogen-bond acceptors (Lipinski definition) is 4. The molecule has 0 bridgehead atoms. The smallest absolute Gasteiger partial charge is 0.211 e. The second-order valence-corrected chi connectivity index (χ2v) is 10.4. The van der Waals surface area contributed by atoms with Gasteiger partial charge in [0, 0.05) is 18.5 Å². The highest BCUT2D eigenvalue weighted by atomic mass is 35.5. The minimum Gasteiger partial charge on any atom is -0.492 e. The standard InChI is InChI=1S/C22H28Cl2N2O3S.ClH/c1-2-11-30(27,28)26-9-10-29-17-6-4-16-5-8-22(25)19(18(16)14-17)12-15-3-7-20(23)21(24)13-15;/h3-4,6-7,13-14,19,22,26H,2,5,8-12,25H2,1H3;1H. The normalized spacial score (nSPS) is 18.2. The molecule has 0 saturated heterocycles. The largest absolute Gasteiger partial charge is 0.492 e. The highest BCUT2D eigenvalue weighted by Gasteiger charge is 2.28. The molecule has 172 valence electrons. The van der Waals surface area contributed by atoms with Gasteiger partial charge in [0.1, 0.15) is 12.4 Å². The summed E-state index contributed by atoms with van der Waals surface area (Å²) >= 11 is 12.2. The summed E-state index contributed by atoms with van der Waals surface area (Å²) in [6.45, 7) is 2.35. The van der Waals surface area contributed by atoms with Crippen LogP contribution in [-0.2, 0) is 22.9 Å². The third-order valence-electron chi connectivity index (χ3n) is 5.39. The molecule has 0 heterocycles. The van der Waals surface area contributed by atoms with Crippen LogP contribution in [0.3, 0.4) is 0 Å². The summed E-state index contributed by atoms with van der Waals surface area (Å²) in [4.78, 5) is 0. The van der Waals surface area contributed by atoms with Crippen LogP contribution in [0.5, 0.6) is 5.75 Å². The lowest BCUT2D eigenvalue weighted by Crippen LogP contribution is -2.34. The number of hydrogen-bond donors (Lipinski definition) is 2. The van der Waals surface area contributed by atoms with E-state index < -0.39 is 10.0 Å². The van der Waals surface area contributed by atoms with E-state index in [2.05, 4.69) is 10.8 Å². The molecular formula is C22H29Cl3N2O3S. The molecule has 2 aromatic carbocycles. The molecule has 1 aliphatic carbocycles. The quantitative estimate of drug-likeness (QED) is 0.481. The molecule has 3 N–H and O–H groups in total. The van der Waals surface area contributed by atoms with Gasteiger partial charge in [0.15, 0.2) is 0 Å². The highest BCUT2D eigenvalue weighted by Crippen LogP contribution is 2.36. The Balaban J connectivity index is 0.00000341. The summed E-state index contributed by atoms with van der Waals surface area (Å²) in [7, 11) is -3.22. The van der Waals surface area contributed by atoms with E-state index in [-0.39, 0.29) is 43.3 Å². The summed E-state index contributed by atoms with van der Waals surface area (Å²) in [5.41, 5.74) is 10.0. The summed E-state index contributed by atoms with van der Waals surface area (Å²) in [6.07, 6.45) is 3.22. The zero-order valence-corrected chi connectivity index (χ0v) is 20.6. The molecule has 0 aliphatic heterocycles. The number of fused-ring (bicyclic) bond motifs is 1. The van der Waals surface area contributed by atoms with Gasteiger partial charge in [-0.1, -0.05) is 42.3 Å². The van der Waals surface area contributed by atoms with Gasteiger partial charge in [0.05, 0.1) is 15.8 Å². The molecule has 0 aromatic heterocycles. The average Bonchev–Trinajstić information content (AvgIpc) is 2.70. The van der Waals surface area contributed by atoms with Gasteiger partial charge in [-0.15, -0.1) is 12.4 Å². The molecule has 0 saturated carbocycles. The van der Waals surface area contributed by atoms with E-state index in [4.69, 9.17) is 33.7 Å².